The topological polar surface area (TPSA) is 46.5 Å². The Morgan fingerprint density at radius 1 is 0.946 bits per heavy atom. The largest absolute Gasteiger partial charge is 0.405 e. The highest BCUT2D eigenvalue weighted by molar-refractivity contribution is 8.14. The molecule has 0 unspecified atom stereocenters. The highest BCUT2D eigenvalue weighted by atomic mass is 32.2. The zero-order chi connectivity index (χ0) is 27.5. The minimum Gasteiger partial charge on any atom is -0.405 e. The van der Waals surface area contributed by atoms with Gasteiger partial charge in [0.15, 0.2) is 5.12 Å². The van der Waals surface area contributed by atoms with Gasteiger partial charge in [-0.05, 0) is 41.6 Å². The molecular formula is C32H46O3SSi. The number of hydrogen-bond acceptors (Lipinski definition) is 4. The van der Waals surface area contributed by atoms with Crippen LogP contribution >= 0.6 is 11.8 Å². The van der Waals surface area contributed by atoms with E-state index < -0.39 is 14.4 Å². The first-order chi connectivity index (χ1) is 17.3. The zero-order valence-corrected chi connectivity index (χ0v) is 25.6. The van der Waals surface area contributed by atoms with E-state index in [-0.39, 0.29) is 27.4 Å². The molecule has 0 radical (unpaired) electrons. The van der Waals surface area contributed by atoms with Gasteiger partial charge in [0.2, 0.25) is 0 Å². The molecule has 0 saturated carbocycles. The molecule has 202 valence electrons. The molecule has 0 saturated heterocycles. The Hall–Kier alpha value is -1.92. The second-order valence-electron chi connectivity index (χ2n) is 11.7. The first kappa shape index (κ1) is 31.3. The van der Waals surface area contributed by atoms with Crippen molar-refractivity contribution in [3.8, 4) is 0 Å². The summed E-state index contributed by atoms with van der Waals surface area (Å²) in [7, 11) is -2.52. The second-order valence-corrected chi connectivity index (χ2v) is 17.8. The quantitative estimate of drug-likeness (QED) is 0.179. The minimum absolute atomic E-state index is 0.0171. The van der Waals surface area contributed by atoms with E-state index in [0.717, 1.165) is 19.3 Å². The molecule has 2 atom stereocenters. The molecule has 0 aliphatic rings. The summed E-state index contributed by atoms with van der Waals surface area (Å²) in [5.74, 6) is 0. The van der Waals surface area contributed by atoms with Gasteiger partial charge in [-0.3, -0.25) is 4.79 Å². The fourth-order valence-electron chi connectivity index (χ4n) is 4.56. The fourth-order valence-corrected chi connectivity index (χ4v) is 10.2. The van der Waals surface area contributed by atoms with Crippen molar-refractivity contribution in [2.45, 2.75) is 96.1 Å². The average molecular weight is 539 g/mol. The van der Waals surface area contributed by atoms with E-state index >= 15 is 0 Å². The summed E-state index contributed by atoms with van der Waals surface area (Å²) < 4.78 is 7.01. The number of aliphatic hydroxyl groups is 1. The number of aliphatic hydroxyl groups excluding tert-OH is 1. The molecule has 2 aromatic rings. The molecule has 0 aliphatic heterocycles. The molecule has 0 aliphatic carbocycles. The van der Waals surface area contributed by atoms with Gasteiger partial charge >= 0.3 is 0 Å². The van der Waals surface area contributed by atoms with Crippen molar-refractivity contribution >= 4 is 35.6 Å². The molecular weight excluding hydrogens is 493 g/mol. The third-order valence-electron chi connectivity index (χ3n) is 6.15. The van der Waals surface area contributed by atoms with Gasteiger partial charge in [-0.2, -0.15) is 0 Å². The first-order valence-electron chi connectivity index (χ1n) is 13.4. The Morgan fingerprint density at radius 2 is 1.49 bits per heavy atom. The molecule has 0 aromatic heterocycles. The highest BCUT2D eigenvalue weighted by Gasteiger charge is 2.50. The number of thioether (sulfide) groups is 1. The maximum atomic E-state index is 12.0. The Morgan fingerprint density at radius 3 is 1.97 bits per heavy atom. The number of carbonyl (C=O) groups is 1. The SMILES string of the molecule is C[C@@H](CCC/C=C/C=C/[C@H](O)CC(=O)SC(C)(C)C)O[Si](c1ccccc1)(c1ccccc1)C(C)(C)C. The van der Waals surface area contributed by atoms with Crippen LogP contribution < -0.4 is 10.4 Å². The molecule has 37 heavy (non-hydrogen) atoms. The van der Waals surface area contributed by atoms with Crippen molar-refractivity contribution < 1.29 is 14.3 Å². The standard InChI is InChI=1S/C32H46O3SSi/c1-26(19-13-9-8-10-14-20-27(33)25-30(34)36-31(2,3)4)35-37(32(5,6)7,28-21-15-11-16-22-28)29-23-17-12-18-24-29/h8,10-12,14-18,20-24,26-27,33H,9,13,19,25H2,1-7H3/b10-8+,20-14+/t26-,27-/m0/s1. The number of carbonyl (C=O) groups excluding carboxylic acids is 1. The third-order valence-corrected chi connectivity index (χ3v) is 12.3. The van der Waals surface area contributed by atoms with Gasteiger partial charge in [-0.25, -0.2) is 0 Å². The molecule has 2 aromatic carbocycles. The van der Waals surface area contributed by atoms with Gasteiger partial charge in [0, 0.05) is 17.3 Å². The Balaban J connectivity index is 1.97. The van der Waals surface area contributed by atoms with Crippen LogP contribution in [0, 0.1) is 0 Å². The summed E-state index contributed by atoms with van der Waals surface area (Å²) in [4.78, 5) is 12.0. The maximum Gasteiger partial charge on any atom is 0.261 e. The predicted octanol–water partition coefficient (Wildman–Crippen LogP) is 7.04. The Labute approximate surface area is 230 Å². The fraction of sp³-hybridized carbons (Fsp3) is 0.469. The van der Waals surface area contributed by atoms with Gasteiger partial charge in [-0.1, -0.05) is 138 Å². The molecule has 3 nitrogen and oxygen atoms in total. The molecule has 0 spiro atoms. The van der Waals surface area contributed by atoms with E-state index in [1.54, 1.807) is 6.08 Å². The van der Waals surface area contributed by atoms with Crippen LogP contribution in [0.25, 0.3) is 0 Å². The van der Waals surface area contributed by atoms with E-state index in [1.807, 2.05) is 32.9 Å². The van der Waals surface area contributed by atoms with Crippen LogP contribution in [0.1, 0.15) is 74.1 Å². The molecule has 5 heteroatoms. The van der Waals surface area contributed by atoms with Crippen molar-refractivity contribution in [2.75, 3.05) is 0 Å². The lowest BCUT2D eigenvalue weighted by Crippen LogP contribution is -2.67. The van der Waals surface area contributed by atoms with Crippen LogP contribution in [0.3, 0.4) is 0 Å². The van der Waals surface area contributed by atoms with Gasteiger partial charge in [0.1, 0.15) is 0 Å². The molecule has 0 fully saturated rings. The molecule has 2 rings (SSSR count). The van der Waals surface area contributed by atoms with Crippen molar-refractivity contribution in [3.05, 3.63) is 85.0 Å². The minimum atomic E-state index is -2.52. The van der Waals surface area contributed by atoms with Crippen LogP contribution in [0.5, 0.6) is 0 Å². The Kier molecular flexibility index (Phi) is 12.1. The number of allylic oxidation sites excluding steroid dienone is 3. The van der Waals surface area contributed by atoms with E-state index in [4.69, 9.17) is 4.43 Å². The summed E-state index contributed by atoms with van der Waals surface area (Å²) in [5, 5.41) is 12.7. The van der Waals surface area contributed by atoms with Gasteiger partial charge in [0.05, 0.1) is 6.10 Å². The molecule has 0 heterocycles. The van der Waals surface area contributed by atoms with E-state index in [2.05, 4.69) is 94.4 Å². The first-order valence-corrected chi connectivity index (χ1v) is 16.1. The number of benzene rings is 2. The van der Waals surface area contributed by atoms with Crippen molar-refractivity contribution in [2.24, 2.45) is 0 Å². The van der Waals surface area contributed by atoms with Crippen LogP contribution in [0.4, 0.5) is 0 Å². The summed E-state index contributed by atoms with van der Waals surface area (Å²) in [6.45, 7) is 15.1. The van der Waals surface area contributed by atoms with Crippen molar-refractivity contribution in [1.29, 1.82) is 0 Å². The summed E-state index contributed by atoms with van der Waals surface area (Å²) in [6, 6.07) is 21.5. The zero-order valence-electron chi connectivity index (χ0n) is 23.7. The molecule has 0 amide bonds. The van der Waals surface area contributed by atoms with Gasteiger partial charge in [-0.15, -0.1) is 0 Å². The van der Waals surface area contributed by atoms with Crippen LogP contribution in [-0.4, -0.2) is 35.5 Å². The number of rotatable bonds is 12. The van der Waals surface area contributed by atoms with Crippen molar-refractivity contribution in [3.63, 3.8) is 0 Å². The maximum absolute atomic E-state index is 12.0. The molecule has 1 N–H and O–H groups in total. The van der Waals surface area contributed by atoms with E-state index in [1.165, 1.54) is 22.1 Å². The summed E-state index contributed by atoms with van der Waals surface area (Å²) in [6.07, 6.45) is 10.1. The predicted molar refractivity (Wildman–Crippen MR) is 163 cm³/mol. The normalized spacial score (nSPS) is 14.8. The van der Waals surface area contributed by atoms with Gasteiger partial charge in [0.25, 0.3) is 8.32 Å². The second kappa shape index (κ2) is 14.3. The number of unbranched alkanes of at least 4 members (excludes halogenated alkanes) is 1. The van der Waals surface area contributed by atoms with Gasteiger partial charge < -0.3 is 9.53 Å². The Bertz CT molecular complexity index is 964. The number of hydrogen-bond donors (Lipinski definition) is 1. The molecule has 0 bridgehead atoms. The van der Waals surface area contributed by atoms with Crippen LogP contribution in [-0.2, 0) is 9.22 Å². The monoisotopic (exact) mass is 538 g/mol. The van der Waals surface area contributed by atoms with E-state index in [9.17, 15) is 9.90 Å². The van der Waals surface area contributed by atoms with Crippen LogP contribution in [0.15, 0.2) is 85.0 Å². The lowest BCUT2D eigenvalue weighted by atomic mass is 10.1. The highest BCUT2D eigenvalue weighted by Crippen LogP contribution is 2.38. The van der Waals surface area contributed by atoms with E-state index in [0.29, 0.717) is 0 Å². The lowest BCUT2D eigenvalue weighted by Gasteiger charge is -2.44. The van der Waals surface area contributed by atoms with Crippen molar-refractivity contribution in [1.82, 2.24) is 0 Å². The smallest absolute Gasteiger partial charge is 0.261 e. The average Bonchev–Trinajstić information content (AvgIpc) is 2.81. The summed E-state index contributed by atoms with van der Waals surface area (Å²) in [5.41, 5.74) is 0. The summed E-state index contributed by atoms with van der Waals surface area (Å²) >= 11 is 1.28. The lowest BCUT2D eigenvalue weighted by molar-refractivity contribution is -0.112. The van der Waals surface area contributed by atoms with Crippen LogP contribution in [0.2, 0.25) is 5.04 Å². The third kappa shape index (κ3) is 10.0.